The number of aromatic carboxylic acids is 1. The third-order valence-electron chi connectivity index (χ3n) is 6.89. The lowest BCUT2D eigenvalue weighted by Gasteiger charge is -2.33. The number of para-hydroxylation sites is 1. The first kappa shape index (κ1) is 28.6. The summed E-state index contributed by atoms with van der Waals surface area (Å²) in [5.74, 6) is -4.70. The van der Waals surface area contributed by atoms with Crippen molar-refractivity contribution in [1.82, 2.24) is 20.4 Å². The van der Waals surface area contributed by atoms with Crippen molar-refractivity contribution in [2.75, 3.05) is 26.2 Å². The Morgan fingerprint density at radius 2 is 1.85 bits per heavy atom. The van der Waals surface area contributed by atoms with Crippen molar-refractivity contribution in [3.05, 3.63) is 64.7 Å². The Bertz CT molecular complexity index is 1320. The van der Waals surface area contributed by atoms with Crippen LogP contribution < -0.4 is 21.0 Å². The van der Waals surface area contributed by atoms with Crippen molar-refractivity contribution < 1.29 is 38.8 Å². The lowest BCUT2D eigenvalue weighted by Crippen LogP contribution is -2.60. The minimum absolute atomic E-state index is 0.0164. The van der Waals surface area contributed by atoms with Gasteiger partial charge in [-0.05, 0) is 49.1 Å². The Kier molecular flexibility index (Phi) is 8.70. The molecule has 40 heavy (non-hydrogen) atoms. The second-order valence-corrected chi connectivity index (χ2v) is 9.43. The molecular formula is C26H30BN5O8. The van der Waals surface area contributed by atoms with E-state index in [1.165, 1.54) is 17.0 Å². The monoisotopic (exact) mass is 551 g/mol. The van der Waals surface area contributed by atoms with Crippen LogP contribution in [0.2, 0.25) is 0 Å². The van der Waals surface area contributed by atoms with E-state index in [0.29, 0.717) is 30.6 Å². The number of benzene rings is 2. The number of piperazine rings is 1. The number of carboxylic acid groups (broad SMARTS) is 1. The van der Waals surface area contributed by atoms with Crippen molar-refractivity contribution >= 4 is 36.8 Å². The second kappa shape index (κ2) is 12.2. The first-order chi connectivity index (χ1) is 19.1. The number of likely N-dealkylation sites (N-methyl/N-ethyl adjacent to an activating group) is 1. The Hall–Kier alpha value is -4.43. The Morgan fingerprint density at radius 3 is 2.50 bits per heavy atom. The molecule has 1 fully saturated rings. The van der Waals surface area contributed by atoms with Gasteiger partial charge in [-0.3, -0.25) is 19.3 Å². The second-order valence-electron chi connectivity index (χ2n) is 9.43. The molecule has 2 aliphatic rings. The van der Waals surface area contributed by atoms with Gasteiger partial charge in [-0.1, -0.05) is 36.4 Å². The molecule has 0 radical (unpaired) electrons. The zero-order valence-corrected chi connectivity index (χ0v) is 21.8. The standard InChI is InChI=1S/C26H30BN5O8/c1-2-31-12-13-32(24(35)23(31)34)26(38)30-20(16-8-6-15(7-9-16)10-11-28)22(33)29-19-14-17-4-3-5-18(25(36)37)21(17)40-27(19)39/h3-9,19-20,39H,2,10-14,28H2,1H3,(H,29,33)(H,30,38)(H,36,37)/t19-,20?/m0/s1. The normalized spacial score (nSPS) is 17.6. The van der Waals surface area contributed by atoms with Crippen molar-refractivity contribution in [3.63, 3.8) is 0 Å². The van der Waals surface area contributed by atoms with E-state index in [0.717, 1.165) is 10.5 Å². The maximum atomic E-state index is 13.5. The van der Waals surface area contributed by atoms with Crippen LogP contribution in [0.1, 0.15) is 40.0 Å². The predicted molar refractivity (Wildman–Crippen MR) is 142 cm³/mol. The molecule has 5 amide bonds. The number of carbonyl (C=O) groups is 5. The molecule has 2 aromatic rings. The molecular weight excluding hydrogens is 521 g/mol. The number of rotatable bonds is 8. The number of hydrogen-bond acceptors (Lipinski definition) is 8. The predicted octanol–water partition coefficient (Wildman–Crippen LogP) is -0.533. The number of imide groups is 1. The number of hydrogen-bond donors (Lipinski definition) is 5. The zero-order valence-electron chi connectivity index (χ0n) is 21.8. The molecule has 6 N–H and O–H groups in total. The lowest BCUT2D eigenvalue weighted by atomic mass is 9.72. The topological polar surface area (TPSA) is 192 Å². The lowest BCUT2D eigenvalue weighted by molar-refractivity contribution is -0.153. The van der Waals surface area contributed by atoms with E-state index in [1.807, 2.05) is 0 Å². The van der Waals surface area contributed by atoms with E-state index < -0.39 is 48.8 Å². The van der Waals surface area contributed by atoms with Crippen molar-refractivity contribution in [3.8, 4) is 5.75 Å². The van der Waals surface area contributed by atoms with Crippen molar-refractivity contribution in [2.45, 2.75) is 31.7 Å². The summed E-state index contributed by atoms with van der Waals surface area (Å²) in [5.41, 5.74) is 7.27. The molecule has 2 atom stereocenters. The quantitative estimate of drug-likeness (QED) is 0.212. The smallest absolute Gasteiger partial charge is 0.534 e. The van der Waals surface area contributed by atoms with Crippen molar-refractivity contribution in [2.24, 2.45) is 5.73 Å². The van der Waals surface area contributed by atoms with Crippen molar-refractivity contribution in [1.29, 1.82) is 0 Å². The van der Waals surface area contributed by atoms with Crippen LogP contribution in [0.4, 0.5) is 4.79 Å². The molecule has 2 aliphatic heterocycles. The third kappa shape index (κ3) is 5.92. The Balaban J connectivity index is 1.56. The van der Waals surface area contributed by atoms with Gasteiger partial charge in [-0.15, -0.1) is 0 Å². The molecule has 0 bridgehead atoms. The van der Waals surface area contributed by atoms with Gasteiger partial charge in [0.25, 0.3) is 0 Å². The molecule has 0 aliphatic carbocycles. The first-order valence-electron chi connectivity index (χ1n) is 12.8. The molecule has 1 unspecified atom stereocenters. The fraction of sp³-hybridized carbons (Fsp3) is 0.346. The van der Waals surface area contributed by atoms with E-state index in [-0.39, 0.29) is 30.8 Å². The molecule has 0 aromatic heterocycles. The summed E-state index contributed by atoms with van der Waals surface area (Å²) in [6.07, 6.45) is 0.663. The van der Waals surface area contributed by atoms with Crippen LogP contribution in [0.5, 0.6) is 5.75 Å². The highest BCUT2D eigenvalue weighted by atomic mass is 16.5. The number of carboxylic acids is 1. The van der Waals surface area contributed by atoms with Gasteiger partial charge in [0.1, 0.15) is 11.8 Å². The summed E-state index contributed by atoms with van der Waals surface area (Å²) in [6, 6.07) is 9.07. The average Bonchev–Trinajstić information content (AvgIpc) is 2.93. The number of nitrogens with one attached hydrogen (secondary N) is 2. The molecule has 210 valence electrons. The maximum Gasteiger partial charge on any atom is 0.547 e. The van der Waals surface area contributed by atoms with Gasteiger partial charge in [0.15, 0.2) is 0 Å². The number of fused-ring (bicyclic) bond motifs is 1. The van der Waals surface area contributed by atoms with Gasteiger partial charge in [0.2, 0.25) is 5.91 Å². The Morgan fingerprint density at radius 1 is 1.12 bits per heavy atom. The van der Waals surface area contributed by atoms with E-state index in [1.54, 1.807) is 37.3 Å². The summed E-state index contributed by atoms with van der Waals surface area (Å²) < 4.78 is 5.45. The SMILES string of the molecule is CCN1CCN(C(=O)NC(C(=O)N[C@H]2Cc3cccc(C(=O)O)c3OB2O)c2ccc(CCN)cc2)C(=O)C1=O. The minimum atomic E-state index is -1.57. The van der Waals surface area contributed by atoms with E-state index in [2.05, 4.69) is 10.6 Å². The van der Waals surface area contributed by atoms with Crippen LogP contribution in [0.3, 0.4) is 0 Å². The fourth-order valence-corrected chi connectivity index (χ4v) is 4.70. The first-order valence-corrected chi connectivity index (χ1v) is 12.8. The highest BCUT2D eigenvalue weighted by Crippen LogP contribution is 2.30. The molecule has 1 saturated heterocycles. The van der Waals surface area contributed by atoms with Gasteiger partial charge in [-0.25, -0.2) is 9.59 Å². The van der Waals surface area contributed by atoms with E-state index >= 15 is 0 Å². The maximum absolute atomic E-state index is 13.5. The van der Waals surface area contributed by atoms with Gasteiger partial charge >= 0.3 is 30.9 Å². The fourth-order valence-electron chi connectivity index (χ4n) is 4.70. The summed E-state index contributed by atoms with van der Waals surface area (Å²) in [5, 5.41) is 25.2. The van der Waals surface area contributed by atoms with Crippen LogP contribution in [-0.4, -0.2) is 88.9 Å². The van der Waals surface area contributed by atoms with Crippen LogP contribution in [-0.2, 0) is 27.2 Å². The summed E-state index contributed by atoms with van der Waals surface area (Å²) in [6.45, 7) is 2.60. The zero-order chi connectivity index (χ0) is 29.0. The molecule has 2 heterocycles. The van der Waals surface area contributed by atoms with Crippen LogP contribution in [0.25, 0.3) is 0 Å². The summed E-state index contributed by atoms with van der Waals surface area (Å²) in [7, 11) is -1.57. The minimum Gasteiger partial charge on any atom is -0.534 e. The Labute approximate surface area is 230 Å². The van der Waals surface area contributed by atoms with Gasteiger partial charge in [0.05, 0.1) is 11.5 Å². The highest BCUT2D eigenvalue weighted by Gasteiger charge is 2.40. The van der Waals surface area contributed by atoms with Gasteiger partial charge < -0.3 is 36.1 Å². The molecule has 14 heteroatoms. The highest BCUT2D eigenvalue weighted by molar-refractivity contribution is 6.47. The molecule has 0 spiro atoms. The van der Waals surface area contributed by atoms with E-state index in [4.69, 9.17) is 10.4 Å². The summed E-state index contributed by atoms with van der Waals surface area (Å²) >= 11 is 0. The van der Waals surface area contributed by atoms with Crippen LogP contribution in [0.15, 0.2) is 42.5 Å². The number of nitrogens with two attached hydrogens (primary N) is 1. The number of amides is 5. The molecule has 0 saturated carbocycles. The number of carbonyl (C=O) groups excluding carboxylic acids is 4. The van der Waals surface area contributed by atoms with Gasteiger partial charge in [0, 0.05) is 19.6 Å². The largest absolute Gasteiger partial charge is 0.547 e. The van der Waals surface area contributed by atoms with Crippen LogP contribution >= 0.6 is 0 Å². The molecule has 4 rings (SSSR count). The third-order valence-corrected chi connectivity index (χ3v) is 6.89. The van der Waals surface area contributed by atoms with E-state index in [9.17, 15) is 34.1 Å². The average molecular weight is 551 g/mol. The number of nitrogens with zero attached hydrogens (tertiary/aromatic N) is 2. The number of urea groups is 1. The molecule has 13 nitrogen and oxygen atoms in total. The summed E-state index contributed by atoms with van der Waals surface area (Å²) in [4.78, 5) is 65.2. The van der Waals surface area contributed by atoms with Crippen LogP contribution in [0, 0.1) is 0 Å². The van der Waals surface area contributed by atoms with Gasteiger partial charge in [-0.2, -0.15) is 0 Å². The molecule has 2 aromatic carbocycles.